The van der Waals surface area contributed by atoms with Gasteiger partial charge in [0.15, 0.2) is 11.5 Å². The van der Waals surface area contributed by atoms with Gasteiger partial charge in [0.05, 0.1) is 14.2 Å². The Morgan fingerprint density at radius 2 is 1.94 bits per heavy atom. The van der Waals surface area contributed by atoms with Gasteiger partial charge in [-0.15, -0.1) is 0 Å². The molecule has 1 fully saturated rings. The van der Waals surface area contributed by atoms with Gasteiger partial charge in [-0.2, -0.15) is 0 Å². The summed E-state index contributed by atoms with van der Waals surface area (Å²) in [6.45, 7) is 5.50. The van der Waals surface area contributed by atoms with E-state index in [1.165, 1.54) is 24.8 Å². The molecule has 5 nitrogen and oxygen atoms in total. The van der Waals surface area contributed by atoms with Gasteiger partial charge >= 0.3 is 5.97 Å². The van der Waals surface area contributed by atoms with Crippen LogP contribution < -0.4 is 9.47 Å². The van der Waals surface area contributed by atoms with Crippen molar-refractivity contribution in [3.63, 3.8) is 0 Å². The van der Waals surface area contributed by atoms with Gasteiger partial charge in [0.2, 0.25) is 0 Å². The quantitative estimate of drug-likeness (QED) is 0.401. The van der Waals surface area contributed by atoms with E-state index in [-0.39, 0.29) is 17.4 Å². The van der Waals surface area contributed by atoms with Gasteiger partial charge in [-0.25, -0.2) is 0 Å². The second kappa shape index (κ2) is 11.2. The first-order valence-electron chi connectivity index (χ1n) is 12.3. The van der Waals surface area contributed by atoms with E-state index in [9.17, 15) is 4.79 Å². The summed E-state index contributed by atoms with van der Waals surface area (Å²) < 4.78 is 16.8. The first-order chi connectivity index (χ1) is 15.5. The lowest BCUT2D eigenvalue weighted by Gasteiger charge is -2.40. The van der Waals surface area contributed by atoms with Gasteiger partial charge in [-0.1, -0.05) is 39.2 Å². The summed E-state index contributed by atoms with van der Waals surface area (Å²) in [5, 5.41) is 0. The van der Waals surface area contributed by atoms with Gasteiger partial charge in [0.25, 0.3) is 0 Å². The lowest BCUT2D eigenvalue weighted by molar-refractivity contribution is -0.140. The molecule has 1 aliphatic heterocycles. The highest BCUT2D eigenvalue weighted by Gasteiger charge is 2.48. The molecular weight excluding hydrogens is 402 g/mol. The lowest BCUT2D eigenvalue weighted by atomic mass is 9.68. The number of rotatable bonds is 11. The minimum Gasteiger partial charge on any atom is -0.493 e. The Morgan fingerprint density at radius 3 is 2.62 bits per heavy atom. The molecule has 0 spiro atoms. The average Bonchev–Trinajstić information content (AvgIpc) is 3.15. The summed E-state index contributed by atoms with van der Waals surface area (Å²) in [5.41, 5.74) is 1.28. The molecule has 0 radical (unpaired) electrons. The summed E-state index contributed by atoms with van der Waals surface area (Å²) in [6, 6.07) is 6.50. The van der Waals surface area contributed by atoms with Crippen molar-refractivity contribution in [2.24, 2.45) is 5.92 Å². The van der Waals surface area contributed by atoms with E-state index in [0.29, 0.717) is 6.42 Å². The predicted molar refractivity (Wildman–Crippen MR) is 128 cm³/mol. The second-order valence-electron chi connectivity index (χ2n) is 9.46. The number of hydrogen-bond donors (Lipinski definition) is 0. The normalized spacial score (nSPS) is 23.9. The average molecular weight is 444 g/mol. The molecule has 0 aromatic heterocycles. The van der Waals surface area contributed by atoms with E-state index < -0.39 is 0 Å². The number of methoxy groups -OCH3 is 2. The Hall–Kier alpha value is -2.01. The van der Waals surface area contributed by atoms with Crippen molar-refractivity contribution in [2.75, 3.05) is 27.8 Å². The SMILES string of the molecule is CCCC(CC)CCCC(=O)OC1=CC2N(C)CCC2(c2ccc(OC)c(OC)c2)CC1. The molecule has 3 atom stereocenters. The van der Waals surface area contributed by atoms with Crippen molar-refractivity contribution < 1.29 is 19.0 Å². The van der Waals surface area contributed by atoms with Crippen LogP contribution in [0.15, 0.2) is 30.0 Å². The van der Waals surface area contributed by atoms with Crippen LogP contribution >= 0.6 is 0 Å². The molecule has 1 heterocycles. The summed E-state index contributed by atoms with van der Waals surface area (Å²) in [4.78, 5) is 14.9. The van der Waals surface area contributed by atoms with E-state index in [1.54, 1.807) is 14.2 Å². The Bertz CT molecular complexity index is 805. The van der Waals surface area contributed by atoms with Crippen LogP contribution in [0.5, 0.6) is 11.5 Å². The van der Waals surface area contributed by atoms with E-state index >= 15 is 0 Å². The third-order valence-corrected chi connectivity index (χ3v) is 7.58. The van der Waals surface area contributed by atoms with E-state index in [1.807, 2.05) is 6.07 Å². The lowest BCUT2D eigenvalue weighted by Crippen LogP contribution is -2.42. The van der Waals surface area contributed by atoms with Crippen LogP contribution in [0.1, 0.15) is 77.2 Å². The summed E-state index contributed by atoms with van der Waals surface area (Å²) >= 11 is 0. The molecular formula is C27H41NO4. The van der Waals surface area contributed by atoms with Crippen LogP contribution in [0.25, 0.3) is 0 Å². The molecule has 2 aliphatic rings. The minimum atomic E-state index is -0.0816. The fraction of sp³-hybridized carbons (Fsp3) is 0.667. The highest BCUT2D eigenvalue weighted by Crippen LogP contribution is 2.49. The van der Waals surface area contributed by atoms with Gasteiger partial charge in [-0.3, -0.25) is 9.69 Å². The molecule has 0 N–H and O–H groups in total. The standard InChI is InChI=1S/C27H41NO4/c1-6-9-20(7-2)10-8-11-26(29)32-22-14-15-27(16-17-28(3)25(27)19-22)21-12-13-23(30-4)24(18-21)31-5/h12-13,18-20,25H,6-11,14-17H2,1-5H3. The molecule has 32 heavy (non-hydrogen) atoms. The fourth-order valence-electron chi connectivity index (χ4n) is 5.63. The van der Waals surface area contributed by atoms with Gasteiger partial charge in [0.1, 0.15) is 5.76 Å². The van der Waals surface area contributed by atoms with Gasteiger partial charge in [-0.05, 0) is 69.0 Å². The van der Waals surface area contributed by atoms with Gasteiger partial charge in [0, 0.05) is 24.3 Å². The molecule has 1 aliphatic carbocycles. The van der Waals surface area contributed by atoms with Crippen LogP contribution in [0.2, 0.25) is 0 Å². The van der Waals surface area contributed by atoms with Crippen LogP contribution in [0.4, 0.5) is 0 Å². The zero-order valence-electron chi connectivity index (χ0n) is 20.6. The van der Waals surface area contributed by atoms with Crippen LogP contribution in [0, 0.1) is 5.92 Å². The Kier molecular flexibility index (Phi) is 8.64. The number of carbonyl (C=O) groups excluding carboxylic acids is 1. The maximum atomic E-state index is 12.5. The van der Waals surface area contributed by atoms with E-state index in [0.717, 1.165) is 61.8 Å². The van der Waals surface area contributed by atoms with Crippen LogP contribution in [-0.2, 0) is 14.9 Å². The molecule has 178 valence electrons. The van der Waals surface area contributed by atoms with Crippen molar-refractivity contribution >= 4 is 5.97 Å². The maximum absolute atomic E-state index is 12.5. The molecule has 5 heteroatoms. The number of carbonyl (C=O) groups is 1. The molecule has 0 saturated carbocycles. The first kappa shape index (κ1) is 24.6. The number of nitrogens with zero attached hydrogens (tertiary/aromatic N) is 1. The Morgan fingerprint density at radius 1 is 1.16 bits per heavy atom. The Labute approximate surface area is 194 Å². The third-order valence-electron chi connectivity index (χ3n) is 7.58. The predicted octanol–water partition coefficient (Wildman–Crippen LogP) is 5.86. The monoisotopic (exact) mass is 443 g/mol. The van der Waals surface area contributed by atoms with Gasteiger partial charge < -0.3 is 14.2 Å². The topological polar surface area (TPSA) is 48.0 Å². The molecule has 0 amide bonds. The number of likely N-dealkylation sites (N-methyl/N-ethyl adjacent to an activating group) is 1. The van der Waals surface area contributed by atoms with Crippen molar-refractivity contribution in [1.82, 2.24) is 4.90 Å². The number of esters is 1. The molecule has 3 unspecified atom stereocenters. The minimum absolute atomic E-state index is 0.0126. The second-order valence-corrected chi connectivity index (χ2v) is 9.46. The van der Waals surface area contributed by atoms with Crippen molar-refractivity contribution in [2.45, 2.75) is 83.1 Å². The summed E-state index contributed by atoms with van der Waals surface area (Å²) in [7, 11) is 5.51. The largest absolute Gasteiger partial charge is 0.493 e. The van der Waals surface area contributed by atoms with E-state index in [4.69, 9.17) is 14.2 Å². The van der Waals surface area contributed by atoms with Crippen LogP contribution in [0.3, 0.4) is 0 Å². The van der Waals surface area contributed by atoms with Crippen molar-refractivity contribution in [3.05, 3.63) is 35.6 Å². The number of hydrogen-bond acceptors (Lipinski definition) is 5. The number of allylic oxidation sites excluding steroid dienone is 1. The summed E-state index contributed by atoms with van der Waals surface area (Å²) in [6.07, 6.45) is 11.2. The highest BCUT2D eigenvalue weighted by atomic mass is 16.5. The molecule has 1 aromatic rings. The molecule has 1 saturated heterocycles. The number of benzene rings is 1. The zero-order valence-corrected chi connectivity index (χ0v) is 20.6. The third kappa shape index (κ3) is 5.31. The molecule has 1 aromatic carbocycles. The van der Waals surface area contributed by atoms with E-state index in [2.05, 4.69) is 44.0 Å². The molecule has 0 bridgehead atoms. The molecule has 3 rings (SSSR count). The highest BCUT2D eigenvalue weighted by molar-refractivity contribution is 5.70. The first-order valence-corrected chi connectivity index (χ1v) is 12.3. The number of fused-ring (bicyclic) bond motifs is 1. The van der Waals surface area contributed by atoms with Crippen LogP contribution in [-0.4, -0.2) is 44.7 Å². The number of ether oxygens (including phenoxy) is 3. The smallest absolute Gasteiger partial charge is 0.310 e. The number of likely N-dealkylation sites (tertiary alicyclic amines) is 1. The Balaban J connectivity index is 1.68. The van der Waals surface area contributed by atoms with Crippen molar-refractivity contribution in [3.8, 4) is 11.5 Å². The zero-order chi connectivity index (χ0) is 23.1. The fourth-order valence-corrected chi connectivity index (χ4v) is 5.63. The summed E-state index contributed by atoms with van der Waals surface area (Å²) in [5.74, 6) is 3.01. The van der Waals surface area contributed by atoms with Crippen molar-refractivity contribution in [1.29, 1.82) is 0 Å². The maximum Gasteiger partial charge on any atom is 0.310 e.